The number of piperazine rings is 1. The van der Waals surface area contributed by atoms with Crippen molar-refractivity contribution in [3.8, 4) is 0 Å². The zero-order valence-corrected chi connectivity index (χ0v) is 13.9. The lowest BCUT2D eigenvalue weighted by Gasteiger charge is -2.35. The van der Waals surface area contributed by atoms with Crippen LogP contribution in [0.2, 0.25) is 0 Å². The lowest BCUT2D eigenvalue weighted by atomic mass is 10.2. The summed E-state index contributed by atoms with van der Waals surface area (Å²) in [5.74, 6) is 1.24. The molecule has 0 unspecified atom stereocenters. The molecule has 2 aromatic heterocycles. The third-order valence-corrected chi connectivity index (χ3v) is 5.02. The molecule has 1 aliphatic heterocycles. The second-order valence-corrected chi connectivity index (χ2v) is 6.58. The molecular formula is C17H17N5OS. The molecule has 7 heteroatoms. The summed E-state index contributed by atoms with van der Waals surface area (Å²) in [5.41, 5.74) is 6.57. The Kier molecular flexibility index (Phi) is 3.78. The SMILES string of the molecule is Nc1nc(N2CCN(C(=O)c3ccccc3)CC2)c2ccsc2n1. The lowest BCUT2D eigenvalue weighted by Crippen LogP contribution is -2.49. The van der Waals surface area contributed by atoms with Gasteiger partial charge in [0.15, 0.2) is 0 Å². The third kappa shape index (κ3) is 2.67. The summed E-state index contributed by atoms with van der Waals surface area (Å²) in [6.07, 6.45) is 0. The minimum Gasteiger partial charge on any atom is -0.368 e. The summed E-state index contributed by atoms with van der Waals surface area (Å²) in [5, 5.41) is 3.02. The smallest absolute Gasteiger partial charge is 0.253 e. The summed E-state index contributed by atoms with van der Waals surface area (Å²) >= 11 is 1.56. The van der Waals surface area contributed by atoms with Gasteiger partial charge < -0.3 is 15.5 Å². The van der Waals surface area contributed by atoms with Crippen LogP contribution in [0.3, 0.4) is 0 Å². The van der Waals surface area contributed by atoms with Gasteiger partial charge in [-0.2, -0.15) is 4.98 Å². The van der Waals surface area contributed by atoms with Crippen LogP contribution in [0, 0.1) is 0 Å². The number of carbonyl (C=O) groups is 1. The van der Waals surface area contributed by atoms with Gasteiger partial charge in [-0.25, -0.2) is 4.98 Å². The second-order valence-electron chi connectivity index (χ2n) is 5.69. The number of nitrogen functional groups attached to an aromatic ring is 1. The molecule has 6 nitrogen and oxygen atoms in total. The Bertz CT molecular complexity index is 871. The number of rotatable bonds is 2. The van der Waals surface area contributed by atoms with Crippen LogP contribution < -0.4 is 10.6 Å². The van der Waals surface area contributed by atoms with E-state index in [-0.39, 0.29) is 5.91 Å². The molecule has 0 aliphatic carbocycles. The normalized spacial score (nSPS) is 15.0. The standard InChI is InChI=1S/C17H17N5OS/c18-17-19-14(13-6-11-24-15(13)20-17)21-7-9-22(10-8-21)16(23)12-4-2-1-3-5-12/h1-6,11H,7-10H2,(H2,18,19,20). The molecule has 122 valence electrons. The first-order chi connectivity index (χ1) is 11.7. The average molecular weight is 339 g/mol. The maximum Gasteiger partial charge on any atom is 0.253 e. The first-order valence-electron chi connectivity index (χ1n) is 7.82. The van der Waals surface area contributed by atoms with E-state index in [1.807, 2.05) is 46.7 Å². The van der Waals surface area contributed by atoms with E-state index in [1.165, 1.54) is 0 Å². The summed E-state index contributed by atoms with van der Waals surface area (Å²) < 4.78 is 0. The number of hydrogen-bond acceptors (Lipinski definition) is 6. The fourth-order valence-electron chi connectivity index (χ4n) is 2.98. The maximum atomic E-state index is 12.5. The van der Waals surface area contributed by atoms with E-state index in [4.69, 9.17) is 5.73 Å². The van der Waals surface area contributed by atoms with Crippen LogP contribution in [-0.2, 0) is 0 Å². The molecule has 24 heavy (non-hydrogen) atoms. The van der Waals surface area contributed by atoms with Gasteiger partial charge in [-0.3, -0.25) is 4.79 Å². The molecule has 0 bridgehead atoms. The number of carbonyl (C=O) groups excluding carboxylic acids is 1. The van der Waals surface area contributed by atoms with Gasteiger partial charge in [-0.1, -0.05) is 18.2 Å². The number of anilines is 2. The Morgan fingerprint density at radius 3 is 2.54 bits per heavy atom. The minimum atomic E-state index is 0.0816. The molecular weight excluding hydrogens is 322 g/mol. The second kappa shape index (κ2) is 6.09. The van der Waals surface area contributed by atoms with Crippen molar-refractivity contribution in [2.24, 2.45) is 0 Å². The number of fused-ring (bicyclic) bond motifs is 1. The van der Waals surface area contributed by atoms with Crippen molar-refractivity contribution in [3.05, 3.63) is 47.3 Å². The van der Waals surface area contributed by atoms with Crippen molar-refractivity contribution < 1.29 is 4.79 Å². The monoisotopic (exact) mass is 339 g/mol. The fraction of sp³-hybridized carbons (Fsp3) is 0.235. The Labute approximate surface area is 143 Å². The molecule has 1 aromatic carbocycles. The molecule has 3 heterocycles. The van der Waals surface area contributed by atoms with Gasteiger partial charge in [0.05, 0.1) is 5.39 Å². The third-order valence-electron chi connectivity index (χ3n) is 4.21. The van der Waals surface area contributed by atoms with Gasteiger partial charge in [0.1, 0.15) is 10.6 Å². The van der Waals surface area contributed by atoms with Crippen molar-refractivity contribution in [1.82, 2.24) is 14.9 Å². The molecule has 1 fully saturated rings. The van der Waals surface area contributed by atoms with E-state index in [0.29, 0.717) is 19.0 Å². The Balaban J connectivity index is 1.52. The zero-order valence-electron chi connectivity index (χ0n) is 13.1. The predicted molar refractivity (Wildman–Crippen MR) is 96.4 cm³/mol. The van der Waals surface area contributed by atoms with Crippen LogP contribution in [0.1, 0.15) is 10.4 Å². The number of thiophene rings is 1. The summed E-state index contributed by atoms with van der Waals surface area (Å²) in [7, 11) is 0. The van der Waals surface area contributed by atoms with Crippen LogP contribution in [0.25, 0.3) is 10.2 Å². The summed E-state index contributed by atoms with van der Waals surface area (Å²) in [4.78, 5) is 26.2. The van der Waals surface area contributed by atoms with Crippen molar-refractivity contribution in [3.63, 3.8) is 0 Å². The Morgan fingerprint density at radius 2 is 1.79 bits per heavy atom. The molecule has 4 rings (SSSR count). The summed E-state index contributed by atoms with van der Waals surface area (Å²) in [6, 6.07) is 11.4. The van der Waals surface area contributed by atoms with Crippen LogP contribution in [0.15, 0.2) is 41.8 Å². The molecule has 1 saturated heterocycles. The average Bonchev–Trinajstić information content (AvgIpc) is 3.09. The number of hydrogen-bond donors (Lipinski definition) is 1. The molecule has 1 aliphatic rings. The van der Waals surface area contributed by atoms with Gasteiger partial charge in [-0.15, -0.1) is 11.3 Å². The highest BCUT2D eigenvalue weighted by atomic mass is 32.1. The maximum absolute atomic E-state index is 12.5. The number of nitrogens with zero attached hydrogens (tertiary/aromatic N) is 4. The van der Waals surface area contributed by atoms with Gasteiger partial charge in [0.2, 0.25) is 5.95 Å². The lowest BCUT2D eigenvalue weighted by molar-refractivity contribution is 0.0746. The highest BCUT2D eigenvalue weighted by Crippen LogP contribution is 2.29. The topological polar surface area (TPSA) is 75.3 Å². The van der Waals surface area contributed by atoms with Crippen molar-refractivity contribution in [1.29, 1.82) is 0 Å². The number of amides is 1. The molecule has 0 saturated carbocycles. The van der Waals surface area contributed by atoms with Crippen LogP contribution in [0.4, 0.5) is 11.8 Å². The first kappa shape index (κ1) is 14.9. The largest absolute Gasteiger partial charge is 0.368 e. The Hall–Kier alpha value is -2.67. The number of aromatic nitrogens is 2. The number of benzene rings is 1. The highest BCUT2D eigenvalue weighted by Gasteiger charge is 2.24. The molecule has 3 aromatic rings. The molecule has 1 amide bonds. The van der Waals surface area contributed by atoms with E-state index in [9.17, 15) is 4.79 Å². The summed E-state index contributed by atoms with van der Waals surface area (Å²) in [6.45, 7) is 2.81. The first-order valence-corrected chi connectivity index (χ1v) is 8.70. The quantitative estimate of drug-likeness (QED) is 0.775. The van der Waals surface area contributed by atoms with Gasteiger partial charge >= 0.3 is 0 Å². The van der Waals surface area contributed by atoms with E-state index in [0.717, 1.165) is 34.7 Å². The Morgan fingerprint density at radius 1 is 1.04 bits per heavy atom. The highest BCUT2D eigenvalue weighted by molar-refractivity contribution is 7.16. The molecule has 2 N–H and O–H groups in total. The predicted octanol–water partition coefficient (Wildman–Crippen LogP) is 2.24. The van der Waals surface area contributed by atoms with Crippen LogP contribution in [-0.4, -0.2) is 47.0 Å². The molecule has 0 radical (unpaired) electrons. The van der Waals surface area contributed by atoms with E-state index in [1.54, 1.807) is 11.3 Å². The van der Waals surface area contributed by atoms with E-state index >= 15 is 0 Å². The van der Waals surface area contributed by atoms with Crippen molar-refractivity contribution in [2.45, 2.75) is 0 Å². The van der Waals surface area contributed by atoms with Crippen molar-refractivity contribution in [2.75, 3.05) is 36.8 Å². The van der Waals surface area contributed by atoms with Crippen LogP contribution >= 0.6 is 11.3 Å². The fourth-order valence-corrected chi connectivity index (χ4v) is 3.75. The van der Waals surface area contributed by atoms with E-state index < -0.39 is 0 Å². The molecule has 0 atom stereocenters. The number of nitrogens with two attached hydrogens (primary N) is 1. The van der Waals surface area contributed by atoms with Crippen LogP contribution in [0.5, 0.6) is 0 Å². The van der Waals surface area contributed by atoms with E-state index in [2.05, 4.69) is 14.9 Å². The van der Waals surface area contributed by atoms with Gasteiger partial charge in [-0.05, 0) is 23.6 Å². The van der Waals surface area contributed by atoms with Gasteiger partial charge in [0, 0.05) is 31.7 Å². The molecule has 0 spiro atoms. The van der Waals surface area contributed by atoms with Gasteiger partial charge in [0.25, 0.3) is 5.91 Å². The minimum absolute atomic E-state index is 0.0816. The zero-order chi connectivity index (χ0) is 16.5. The van der Waals surface area contributed by atoms with Crippen molar-refractivity contribution >= 4 is 39.2 Å².